The summed E-state index contributed by atoms with van der Waals surface area (Å²) in [4.78, 5) is 28.5. The van der Waals surface area contributed by atoms with Crippen LogP contribution in [0.15, 0.2) is 37.1 Å². The molecular formula is C34H43FN7O2P. The Balaban J connectivity index is 1.48. The molecule has 0 spiro atoms. The van der Waals surface area contributed by atoms with Gasteiger partial charge in [-0.05, 0) is 57.9 Å². The van der Waals surface area contributed by atoms with E-state index in [-0.39, 0.29) is 34.7 Å². The van der Waals surface area contributed by atoms with Crippen molar-refractivity contribution in [2.75, 3.05) is 44.2 Å². The number of nitrogens with zero attached hydrogens (tertiary/aromatic N) is 7. The Morgan fingerprint density at radius 2 is 1.91 bits per heavy atom. The second-order valence-electron chi connectivity index (χ2n) is 13.0. The van der Waals surface area contributed by atoms with Crippen LogP contribution in [-0.4, -0.2) is 92.0 Å². The number of likely N-dealkylation sites (tertiary alicyclic amines) is 1. The molecular weight excluding hydrogens is 588 g/mol. The Morgan fingerprint density at radius 3 is 2.60 bits per heavy atom. The third kappa shape index (κ3) is 5.67. The van der Waals surface area contributed by atoms with Crippen molar-refractivity contribution in [2.24, 2.45) is 0 Å². The van der Waals surface area contributed by atoms with E-state index in [0.717, 1.165) is 47.2 Å². The Hall–Kier alpha value is -3.62. The van der Waals surface area contributed by atoms with Crippen molar-refractivity contribution in [3.8, 4) is 17.1 Å². The number of piperazine rings is 1. The van der Waals surface area contributed by atoms with Crippen LogP contribution in [-0.2, 0) is 11.3 Å². The van der Waals surface area contributed by atoms with Crippen molar-refractivity contribution in [1.82, 2.24) is 29.5 Å². The molecule has 0 radical (unpaired) electrons. The monoisotopic (exact) mass is 631 g/mol. The summed E-state index contributed by atoms with van der Waals surface area (Å²) in [6.07, 6.45) is 3.19. The van der Waals surface area contributed by atoms with Gasteiger partial charge in [0.05, 0.1) is 11.7 Å². The van der Waals surface area contributed by atoms with Crippen LogP contribution in [0.1, 0.15) is 38.8 Å². The lowest BCUT2D eigenvalue weighted by atomic mass is 9.92. The smallest absolute Gasteiger partial charge is 0.319 e. The fourth-order valence-electron chi connectivity index (χ4n) is 6.99. The number of ether oxygens (including phenoxy) is 1. The number of hydrogen-bond acceptors (Lipinski definition) is 7. The molecule has 1 unspecified atom stereocenters. The minimum atomic E-state index is -0.402. The predicted molar refractivity (Wildman–Crippen MR) is 182 cm³/mol. The normalized spacial score (nSPS) is 20.1. The molecule has 0 aliphatic carbocycles. The molecule has 11 heteroatoms. The quantitative estimate of drug-likeness (QED) is 0.191. The van der Waals surface area contributed by atoms with Gasteiger partial charge in [0.15, 0.2) is 5.82 Å². The van der Waals surface area contributed by atoms with Crippen molar-refractivity contribution in [3.63, 3.8) is 0 Å². The first-order valence-electron chi connectivity index (χ1n) is 15.7. The van der Waals surface area contributed by atoms with Gasteiger partial charge in [-0.25, -0.2) is 4.39 Å². The molecule has 2 aromatic heterocycles. The van der Waals surface area contributed by atoms with E-state index in [4.69, 9.17) is 14.7 Å². The topological polar surface area (TPSA) is 79.6 Å². The second kappa shape index (κ2) is 12.0. The Morgan fingerprint density at radius 1 is 1.16 bits per heavy atom. The fraction of sp³-hybridized carbons (Fsp3) is 0.471. The van der Waals surface area contributed by atoms with Crippen molar-refractivity contribution in [3.05, 3.63) is 54.0 Å². The average molecular weight is 632 g/mol. The van der Waals surface area contributed by atoms with Crippen LogP contribution < -0.4 is 9.64 Å². The molecule has 0 bridgehead atoms. The third-order valence-corrected chi connectivity index (χ3v) is 9.54. The number of carbonyl (C=O) groups is 1. The van der Waals surface area contributed by atoms with Crippen molar-refractivity contribution >= 4 is 42.8 Å². The molecule has 2 aromatic carbocycles. The summed E-state index contributed by atoms with van der Waals surface area (Å²) in [6, 6.07) is 6.04. The van der Waals surface area contributed by atoms with Gasteiger partial charge >= 0.3 is 6.01 Å². The van der Waals surface area contributed by atoms with Gasteiger partial charge < -0.3 is 14.5 Å². The highest BCUT2D eigenvalue weighted by molar-refractivity contribution is 7.19. The number of aromatic nitrogens is 4. The van der Waals surface area contributed by atoms with Gasteiger partial charge in [0.1, 0.15) is 17.9 Å². The molecule has 0 saturated carbocycles. The number of carbonyl (C=O) groups excluding carboxylic acids is 1. The first-order chi connectivity index (χ1) is 21.4. The highest BCUT2D eigenvalue weighted by atomic mass is 31.0. The summed E-state index contributed by atoms with van der Waals surface area (Å²) in [5.74, 6) is 0.116. The summed E-state index contributed by atoms with van der Waals surface area (Å²) in [5, 5.41) is 6.39. The lowest BCUT2D eigenvalue weighted by molar-refractivity contribution is -0.128. The largest absolute Gasteiger partial charge is 0.462 e. The molecule has 2 aliphatic rings. The summed E-state index contributed by atoms with van der Waals surface area (Å²) >= 11 is 0. The zero-order valence-corrected chi connectivity index (χ0v) is 28.3. The van der Waals surface area contributed by atoms with Crippen LogP contribution in [0.3, 0.4) is 0 Å². The Bertz CT molecular complexity index is 1800. The molecule has 4 aromatic rings. The molecule has 9 nitrogen and oxygen atoms in total. The van der Waals surface area contributed by atoms with Crippen LogP contribution >= 0.6 is 9.24 Å². The fourth-order valence-corrected chi connectivity index (χ4v) is 7.51. The van der Waals surface area contributed by atoms with E-state index >= 15 is 4.39 Å². The van der Waals surface area contributed by atoms with Crippen molar-refractivity contribution < 1.29 is 13.9 Å². The van der Waals surface area contributed by atoms with Crippen LogP contribution in [0, 0.1) is 19.7 Å². The van der Waals surface area contributed by atoms with E-state index in [0.29, 0.717) is 43.0 Å². The van der Waals surface area contributed by atoms with Crippen LogP contribution in [0.25, 0.3) is 32.9 Å². The minimum absolute atomic E-state index is 0.0742. The van der Waals surface area contributed by atoms with Gasteiger partial charge in [0, 0.05) is 78.4 Å². The maximum atomic E-state index is 17.1. The number of aryl methyl sites for hydroxylation is 3. The maximum Gasteiger partial charge on any atom is 0.319 e. The standard InChI is InChI=1S/C34H43FN7O2P/c1-8-26(43)40-16-23(6)41(17-22(40)5)32-25-14-21(4)27(28-20(3)10-11-24-15-36-42(9-2)31(24)28)29(35)30(25)37-33(38-32)44-13-12-39-18-34(7,45)19-39/h8,10-11,14-15,22-23H,1,9,12-13,16-19,45H2,2-7H3/t22-,23+/m1/s1. The third-order valence-electron chi connectivity index (χ3n) is 9.17. The van der Waals surface area contributed by atoms with E-state index in [9.17, 15) is 4.79 Å². The number of rotatable bonds is 8. The second-order valence-corrected chi connectivity index (χ2v) is 14.4. The molecule has 3 atom stereocenters. The van der Waals surface area contributed by atoms with Crippen LogP contribution in [0.5, 0.6) is 6.01 Å². The minimum Gasteiger partial charge on any atom is -0.462 e. The first-order valence-corrected chi connectivity index (χ1v) is 16.3. The zero-order valence-electron chi connectivity index (χ0n) is 27.1. The first kappa shape index (κ1) is 31.4. The number of anilines is 1. The van der Waals surface area contributed by atoms with E-state index in [1.165, 1.54) is 6.08 Å². The van der Waals surface area contributed by atoms with Gasteiger partial charge in [-0.1, -0.05) is 25.6 Å². The van der Waals surface area contributed by atoms with Gasteiger partial charge in [0.25, 0.3) is 0 Å². The maximum absolute atomic E-state index is 17.1. The number of hydrogen-bond donors (Lipinski definition) is 0. The molecule has 238 valence electrons. The number of amides is 1. The number of halogens is 1. The number of benzene rings is 2. The van der Waals surface area contributed by atoms with Gasteiger partial charge in [-0.15, -0.1) is 9.24 Å². The van der Waals surface area contributed by atoms with E-state index < -0.39 is 5.82 Å². The Kier molecular flexibility index (Phi) is 8.33. The zero-order chi connectivity index (χ0) is 32.2. The molecule has 1 amide bonds. The summed E-state index contributed by atoms with van der Waals surface area (Å²) in [7, 11) is 2.91. The molecule has 2 aliphatic heterocycles. The molecule has 2 saturated heterocycles. The summed E-state index contributed by atoms with van der Waals surface area (Å²) in [5.41, 5.74) is 4.22. The number of fused-ring (bicyclic) bond motifs is 2. The van der Waals surface area contributed by atoms with Crippen molar-refractivity contribution in [2.45, 2.75) is 65.3 Å². The summed E-state index contributed by atoms with van der Waals surface area (Å²) < 4.78 is 25.2. The lowest BCUT2D eigenvalue weighted by Gasteiger charge is -2.45. The van der Waals surface area contributed by atoms with Crippen molar-refractivity contribution in [1.29, 1.82) is 0 Å². The SMILES string of the molecule is C=CC(=O)N1C[C@H](C)N(c2nc(OCCN3CC(C)(P)C3)nc3c(F)c(-c4c(C)ccc5cnn(CC)c45)c(C)cc23)C[C@H]1C. The summed E-state index contributed by atoms with van der Waals surface area (Å²) in [6.45, 7) is 20.7. The molecule has 0 N–H and O–H groups in total. The van der Waals surface area contributed by atoms with Gasteiger partial charge in [-0.3, -0.25) is 14.4 Å². The van der Waals surface area contributed by atoms with Crippen LogP contribution in [0.4, 0.5) is 10.2 Å². The molecule has 2 fully saturated rings. The molecule has 4 heterocycles. The lowest BCUT2D eigenvalue weighted by Crippen LogP contribution is -2.58. The van der Waals surface area contributed by atoms with Crippen LogP contribution in [0.2, 0.25) is 0 Å². The molecule has 45 heavy (non-hydrogen) atoms. The highest BCUT2D eigenvalue weighted by Gasteiger charge is 2.35. The average Bonchev–Trinajstić information content (AvgIpc) is 3.41. The van der Waals surface area contributed by atoms with E-state index in [1.54, 1.807) is 0 Å². The Labute approximate surface area is 266 Å². The van der Waals surface area contributed by atoms with E-state index in [2.05, 4.69) is 44.6 Å². The molecule has 6 rings (SSSR count). The predicted octanol–water partition coefficient (Wildman–Crippen LogP) is 5.36. The van der Waals surface area contributed by atoms with Gasteiger partial charge in [0.2, 0.25) is 5.91 Å². The van der Waals surface area contributed by atoms with E-state index in [1.807, 2.05) is 61.7 Å². The van der Waals surface area contributed by atoms with Gasteiger partial charge in [-0.2, -0.15) is 15.1 Å². The highest BCUT2D eigenvalue weighted by Crippen LogP contribution is 2.41.